The summed E-state index contributed by atoms with van der Waals surface area (Å²) in [5.41, 5.74) is 3.13. The van der Waals surface area contributed by atoms with Crippen molar-refractivity contribution in [2.45, 2.75) is 10.9 Å². The summed E-state index contributed by atoms with van der Waals surface area (Å²) in [6.07, 6.45) is 3.74. The van der Waals surface area contributed by atoms with E-state index in [9.17, 15) is 4.79 Å². The molecule has 1 aromatic heterocycles. The van der Waals surface area contributed by atoms with E-state index in [1.165, 1.54) is 5.69 Å². The number of carbonyl (C=O) groups is 1. The van der Waals surface area contributed by atoms with Crippen LogP contribution in [0.1, 0.15) is 15.9 Å². The average Bonchev–Trinajstić information content (AvgIpc) is 3.17. The number of anilines is 1. The Morgan fingerprint density at radius 1 is 1.04 bits per heavy atom. The summed E-state index contributed by atoms with van der Waals surface area (Å²) in [6.45, 7) is 3.23. The van der Waals surface area contributed by atoms with Gasteiger partial charge >= 0.3 is 0 Å². The van der Waals surface area contributed by atoms with Gasteiger partial charge in [-0.05, 0) is 29.8 Å². The van der Waals surface area contributed by atoms with E-state index in [0.29, 0.717) is 0 Å². The van der Waals surface area contributed by atoms with Crippen molar-refractivity contribution < 1.29 is 4.79 Å². The Labute approximate surface area is 170 Å². The number of piperazine rings is 1. The SMILES string of the molecule is Cn1ccnc1SCc1cccc(C(=O)N2CCN(c3ccccc3)CC2)c1. The van der Waals surface area contributed by atoms with E-state index in [2.05, 4.69) is 40.2 Å². The van der Waals surface area contributed by atoms with E-state index in [1.54, 1.807) is 18.0 Å². The largest absolute Gasteiger partial charge is 0.368 e. The molecule has 4 rings (SSSR count). The van der Waals surface area contributed by atoms with Gasteiger partial charge in [0.25, 0.3) is 5.91 Å². The van der Waals surface area contributed by atoms with Crippen LogP contribution in [0.25, 0.3) is 0 Å². The van der Waals surface area contributed by atoms with Gasteiger partial charge in [-0.15, -0.1) is 0 Å². The van der Waals surface area contributed by atoms with Crippen LogP contribution in [0.4, 0.5) is 5.69 Å². The van der Waals surface area contributed by atoms with Gasteiger partial charge < -0.3 is 14.4 Å². The minimum absolute atomic E-state index is 0.122. The van der Waals surface area contributed by atoms with Gasteiger partial charge in [0.2, 0.25) is 0 Å². The highest BCUT2D eigenvalue weighted by Gasteiger charge is 2.22. The first-order valence-electron chi connectivity index (χ1n) is 9.49. The summed E-state index contributed by atoms with van der Waals surface area (Å²) in [6, 6.07) is 18.4. The predicted octanol–water partition coefficient (Wildman–Crippen LogP) is 3.67. The molecule has 2 aromatic carbocycles. The van der Waals surface area contributed by atoms with Crippen molar-refractivity contribution in [2.24, 2.45) is 7.05 Å². The molecule has 0 spiro atoms. The van der Waals surface area contributed by atoms with Gasteiger partial charge in [-0.2, -0.15) is 0 Å². The lowest BCUT2D eigenvalue weighted by molar-refractivity contribution is 0.0746. The molecule has 0 unspecified atom stereocenters. The number of carbonyl (C=O) groups excluding carboxylic acids is 1. The molecular formula is C22H24N4OS. The fourth-order valence-corrected chi connectivity index (χ4v) is 4.30. The molecule has 6 heteroatoms. The number of rotatable bonds is 5. The van der Waals surface area contributed by atoms with Crippen LogP contribution in [-0.4, -0.2) is 46.5 Å². The fraction of sp³-hybridized carbons (Fsp3) is 0.273. The maximum Gasteiger partial charge on any atom is 0.253 e. The molecule has 28 heavy (non-hydrogen) atoms. The van der Waals surface area contributed by atoms with Crippen LogP contribution >= 0.6 is 11.8 Å². The monoisotopic (exact) mass is 392 g/mol. The highest BCUT2D eigenvalue weighted by Crippen LogP contribution is 2.22. The van der Waals surface area contributed by atoms with Crippen molar-refractivity contribution in [2.75, 3.05) is 31.1 Å². The summed E-state index contributed by atoms with van der Waals surface area (Å²) in [5.74, 6) is 0.921. The van der Waals surface area contributed by atoms with Crippen LogP contribution in [0.3, 0.4) is 0 Å². The zero-order valence-corrected chi connectivity index (χ0v) is 16.8. The molecule has 0 radical (unpaired) electrons. The molecule has 144 valence electrons. The van der Waals surface area contributed by atoms with Gasteiger partial charge in [0.05, 0.1) is 0 Å². The topological polar surface area (TPSA) is 41.4 Å². The fourth-order valence-electron chi connectivity index (χ4n) is 3.42. The van der Waals surface area contributed by atoms with Gasteiger partial charge in [0, 0.05) is 62.6 Å². The van der Waals surface area contributed by atoms with Gasteiger partial charge in [-0.1, -0.05) is 42.1 Å². The smallest absolute Gasteiger partial charge is 0.253 e. The lowest BCUT2D eigenvalue weighted by atomic mass is 10.1. The molecule has 0 aliphatic carbocycles. The molecule has 0 bridgehead atoms. The van der Waals surface area contributed by atoms with Crippen LogP contribution in [0.2, 0.25) is 0 Å². The average molecular weight is 393 g/mol. The number of hydrogen-bond acceptors (Lipinski definition) is 4. The summed E-state index contributed by atoms with van der Waals surface area (Å²) < 4.78 is 2.01. The third-order valence-corrected chi connectivity index (χ3v) is 6.14. The zero-order chi connectivity index (χ0) is 19.3. The van der Waals surface area contributed by atoms with Crippen molar-refractivity contribution in [1.82, 2.24) is 14.5 Å². The number of nitrogens with zero attached hydrogens (tertiary/aromatic N) is 4. The van der Waals surface area contributed by atoms with E-state index in [4.69, 9.17) is 0 Å². The molecule has 3 aromatic rings. The molecule has 1 aliphatic heterocycles. The van der Waals surface area contributed by atoms with Crippen molar-refractivity contribution in [3.63, 3.8) is 0 Å². The summed E-state index contributed by atoms with van der Waals surface area (Å²) in [7, 11) is 1.99. The van der Waals surface area contributed by atoms with Gasteiger partial charge in [0.15, 0.2) is 5.16 Å². The number of aromatic nitrogens is 2. The molecule has 2 heterocycles. The van der Waals surface area contributed by atoms with Crippen LogP contribution < -0.4 is 4.90 Å². The second kappa shape index (κ2) is 8.52. The van der Waals surface area contributed by atoms with E-state index >= 15 is 0 Å². The normalized spacial score (nSPS) is 14.3. The van der Waals surface area contributed by atoms with E-state index < -0.39 is 0 Å². The molecule has 0 saturated carbocycles. The maximum atomic E-state index is 13.0. The Morgan fingerprint density at radius 3 is 2.54 bits per heavy atom. The first-order chi connectivity index (χ1) is 13.7. The number of para-hydroxylation sites is 1. The number of benzene rings is 2. The number of aryl methyl sites for hydroxylation is 1. The van der Waals surface area contributed by atoms with E-state index in [1.807, 2.05) is 47.0 Å². The molecule has 1 fully saturated rings. The molecule has 1 aliphatic rings. The predicted molar refractivity (Wildman–Crippen MR) is 114 cm³/mol. The quantitative estimate of drug-likeness (QED) is 0.621. The van der Waals surface area contributed by atoms with Crippen molar-refractivity contribution in [1.29, 1.82) is 0 Å². The minimum atomic E-state index is 0.122. The van der Waals surface area contributed by atoms with Crippen LogP contribution in [-0.2, 0) is 12.8 Å². The third-order valence-electron chi connectivity index (χ3n) is 5.01. The van der Waals surface area contributed by atoms with Gasteiger partial charge in [-0.3, -0.25) is 4.79 Å². The summed E-state index contributed by atoms with van der Waals surface area (Å²) in [5, 5.41) is 0.980. The Hall–Kier alpha value is -2.73. The van der Waals surface area contributed by atoms with Gasteiger partial charge in [-0.25, -0.2) is 4.98 Å². The van der Waals surface area contributed by atoms with Crippen LogP contribution in [0, 0.1) is 0 Å². The number of thioether (sulfide) groups is 1. The standard InChI is InChI=1S/C22H24N4OS/c1-24-11-10-23-22(24)28-17-18-6-5-7-19(16-18)21(27)26-14-12-25(13-15-26)20-8-3-2-4-9-20/h2-11,16H,12-15,17H2,1H3. The maximum absolute atomic E-state index is 13.0. The zero-order valence-electron chi connectivity index (χ0n) is 16.0. The molecule has 1 amide bonds. The highest BCUT2D eigenvalue weighted by atomic mass is 32.2. The van der Waals surface area contributed by atoms with Crippen molar-refractivity contribution in [3.05, 3.63) is 78.1 Å². The number of amides is 1. The second-order valence-corrected chi connectivity index (χ2v) is 7.87. The van der Waals surface area contributed by atoms with Crippen molar-refractivity contribution >= 4 is 23.4 Å². The van der Waals surface area contributed by atoms with E-state index in [-0.39, 0.29) is 5.91 Å². The summed E-state index contributed by atoms with van der Waals surface area (Å²) >= 11 is 1.68. The molecule has 0 atom stereocenters. The van der Waals surface area contributed by atoms with Gasteiger partial charge in [0.1, 0.15) is 0 Å². The van der Waals surface area contributed by atoms with Crippen molar-refractivity contribution in [3.8, 4) is 0 Å². The second-order valence-electron chi connectivity index (χ2n) is 6.92. The first-order valence-corrected chi connectivity index (χ1v) is 10.5. The molecule has 5 nitrogen and oxygen atoms in total. The number of imidazole rings is 1. The Morgan fingerprint density at radius 2 is 1.82 bits per heavy atom. The molecular weight excluding hydrogens is 368 g/mol. The molecule has 0 N–H and O–H groups in total. The third kappa shape index (κ3) is 4.22. The Bertz CT molecular complexity index is 932. The van der Waals surface area contributed by atoms with Crippen LogP contribution in [0.5, 0.6) is 0 Å². The number of hydrogen-bond donors (Lipinski definition) is 0. The van der Waals surface area contributed by atoms with E-state index in [0.717, 1.165) is 48.2 Å². The highest BCUT2D eigenvalue weighted by molar-refractivity contribution is 7.98. The Kier molecular flexibility index (Phi) is 5.67. The van der Waals surface area contributed by atoms with Crippen LogP contribution in [0.15, 0.2) is 72.1 Å². The lowest BCUT2D eigenvalue weighted by Gasteiger charge is -2.36. The molecule has 1 saturated heterocycles. The minimum Gasteiger partial charge on any atom is -0.368 e. The lowest BCUT2D eigenvalue weighted by Crippen LogP contribution is -2.48. The first kappa shape index (κ1) is 18.6. The summed E-state index contributed by atoms with van der Waals surface area (Å²) in [4.78, 5) is 21.6. The Balaban J connectivity index is 1.36.